The molecule has 0 amide bonds. The molecule has 2 aromatic carbocycles. The van der Waals surface area contributed by atoms with Gasteiger partial charge in [0.25, 0.3) is 5.56 Å². The van der Waals surface area contributed by atoms with Crippen molar-refractivity contribution < 1.29 is 17.6 Å². The molecule has 6 rings (SSSR count). The van der Waals surface area contributed by atoms with Gasteiger partial charge in [-0.15, -0.1) is 0 Å². The second kappa shape index (κ2) is 8.04. The van der Waals surface area contributed by atoms with E-state index in [0.717, 1.165) is 10.6 Å². The molecule has 1 atom stereocenters. The highest BCUT2D eigenvalue weighted by molar-refractivity contribution is 9.10. The average molecular weight is 573 g/mol. The van der Waals surface area contributed by atoms with Crippen LogP contribution in [0.1, 0.15) is 29.2 Å². The molecule has 3 aromatic heterocycles. The molecule has 37 heavy (non-hydrogen) atoms. The third-order valence-electron chi connectivity index (χ3n) is 6.79. The van der Waals surface area contributed by atoms with Crippen LogP contribution in [-0.2, 0) is 19.6 Å². The topological polar surface area (TPSA) is 92.0 Å². The van der Waals surface area contributed by atoms with Crippen LogP contribution in [0.25, 0.3) is 27.8 Å². The number of alkyl halides is 3. The van der Waals surface area contributed by atoms with Crippen molar-refractivity contribution in [1.29, 1.82) is 0 Å². The van der Waals surface area contributed by atoms with Crippen LogP contribution in [0.4, 0.5) is 13.2 Å². The summed E-state index contributed by atoms with van der Waals surface area (Å²) in [5.41, 5.74) is -0.664. The van der Waals surface area contributed by atoms with Crippen LogP contribution in [0, 0.1) is 0 Å². The molecule has 0 aliphatic heterocycles. The van der Waals surface area contributed by atoms with E-state index in [2.05, 4.69) is 20.9 Å². The molecule has 0 saturated heterocycles. The van der Waals surface area contributed by atoms with Gasteiger partial charge in [0, 0.05) is 13.1 Å². The fourth-order valence-electron chi connectivity index (χ4n) is 5.13. The van der Waals surface area contributed by atoms with E-state index in [1.807, 2.05) is 0 Å². The van der Waals surface area contributed by atoms with Gasteiger partial charge in [0.05, 0.1) is 28.3 Å². The molecule has 1 aliphatic rings. The third kappa shape index (κ3) is 3.50. The normalized spacial score (nSPS) is 15.5. The molecule has 1 unspecified atom stereocenters. The van der Waals surface area contributed by atoms with E-state index in [-0.39, 0.29) is 40.6 Å². The van der Waals surface area contributed by atoms with Crippen LogP contribution in [0.2, 0.25) is 0 Å². The molecule has 8 nitrogen and oxygen atoms in total. The zero-order chi connectivity index (χ0) is 26.2. The Hall–Kier alpha value is -3.93. The van der Waals surface area contributed by atoms with Crippen molar-refractivity contribution in [3.63, 3.8) is 0 Å². The van der Waals surface area contributed by atoms with Gasteiger partial charge in [-0.2, -0.15) is 13.2 Å². The molecule has 0 fully saturated rings. The highest BCUT2D eigenvalue weighted by atomic mass is 79.9. The summed E-state index contributed by atoms with van der Waals surface area (Å²) < 4.78 is 50.1. The number of benzene rings is 2. The van der Waals surface area contributed by atoms with Crippen LogP contribution in [-0.4, -0.2) is 18.7 Å². The van der Waals surface area contributed by atoms with Gasteiger partial charge in [0.1, 0.15) is 4.60 Å². The van der Waals surface area contributed by atoms with Crippen LogP contribution < -0.4 is 17.0 Å². The molecule has 0 bridgehead atoms. The lowest BCUT2D eigenvalue weighted by Crippen LogP contribution is -2.42. The third-order valence-corrected chi connectivity index (χ3v) is 7.23. The number of hydrogen-bond donors (Lipinski definition) is 0. The first-order valence-electron chi connectivity index (χ1n) is 11.2. The molecule has 3 heterocycles. The van der Waals surface area contributed by atoms with Gasteiger partial charge in [-0.25, -0.2) is 14.6 Å². The van der Waals surface area contributed by atoms with E-state index in [9.17, 15) is 27.6 Å². The van der Waals surface area contributed by atoms with Gasteiger partial charge >= 0.3 is 17.6 Å². The summed E-state index contributed by atoms with van der Waals surface area (Å²) in [4.78, 5) is 43.8. The van der Waals surface area contributed by atoms with E-state index < -0.39 is 34.8 Å². The predicted molar refractivity (Wildman–Crippen MR) is 132 cm³/mol. The number of halogens is 4. The van der Waals surface area contributed by atoms with Gasteiger partial charge in [-0.3, -0.25) is 18.5 Å². The number of oxazole rings is 1. The number of aryl methyl sites for hydroxylation is 1. The Kier molecular flexibility index (Phi) is 5.10. The fraction of sp³-hybridized carbons (Fsp3) is 0.200. The first kappa shape index (κ1) is 23.5. The predicted octanol–water partition coefficient (Wildman–Crippen LogP) is 4.31. The quantitative estimate of drug-likeness (QED) is 0.294. The maximum Gasteiger partial charge on any atom is 0.419 e. The lowest BCUT2D eigenvalue weighted by atomic mass is 10.0. The number of aromatic nitrogens is 4. The van der Waals surface area contributed by atoms with Crippen molar-refractivity contribution in [2.45, 2.75) is 25.1 Å². The first-order chi connectivity index (χ1) is 17.6. The molecule has 0 N–H and O–H groups in total. The highest BCUT2D eigenvalue weighted by Gasteiger charge is 2.38. The Morgan fingerprint density at radius 1 is 1.05 bits per heavy atom. The minimum Gasteiger partial charge on any atom is -0.408 e. The SMILES string of the molecule is Cn1c(=O)oc2cc(-n3c(=O)n(C4CCc5c4cccc5C(F)(F)F)c(=O)c4nc(Br)ccc43)ccc21. The Balaban J connectivity index is 1.66. The molecular formula is C25H16BrF3N4O4. The second-order valence-electron chi connectivity index (χ2n) is 8.80. The van der Waals surface area contributed by atoms with Crippen LogP contribution in [0.3, 0.4) is 0 Å². The molecule has 1 aliphatic carbocycles. The van der Waals surface area contributed by atoms with Crippen molar-refractivity contribution in [2.75, 3.05) is 0 Å². The smallest absolute Gasteiger partial charge is 0.408 e. The van der Waals surface area contributed by atoms with Gasteiger partial charge in [-0.05, 0) is 70.2 Å². The van der Waals surface area contributed by atoms with Crippen LogP contribution in [0.5, 0.6) is 0 Å². The molecule has 0 saturated carbocycles. The number of nitrogens with zero attached hydrogens (tertiary/aromatic N) is 4. The van der Waals surface area contributed by atoms with E-state index in [4.69, 9.17) is 4.42 Å². The Morgan fingerprint density at radius 3 is 2.57 bits per heavy atom. The lowest BCUT2D eigenvalue weighted by molar-refractivity contribution is -0.138. The van der Waals surface area contributed by atoms with E-state index in [0.29, 0.717) is 15.8 Å². The van der Waals surface area contributed by atoms with Crippen LogP contribution in [0.15, 0.2) is 71.9 Å². The number of hydrogen-bond acceptors (Lipinski definition) is 5. The molecule has 0 spiro atoms. The highest BCUT2D eigenvalue weighted by Crippen LogP contribution is 2.41. The van der Waals surface area contributed by atoms with Crippen molar-refractivity contribution in [3.05, 3.63) is 101 Å². The summed E-state index contributed by atoms with van der Waals surface area (Å²) in [7, 11) is 1.55. The van der Waals surface area contributed by atoms with E-state index in [1.165, 1.54) is 27.3 Å². The van der Waals surface area contributed by atoms with Crippen molar-refractivity contribution in [2.24, 2.45) is 7.05 Å². The summed E-state index contributed by atoms with van der Waals surface area (Å²) in [6.07, 6.45) is -4.35. The number of fused-ring (bicyclic) bond motifs is 3. The summed E-state index contributed by atoms with van der Waals surface area (Å²) in [5, 5.41) is 0. The van der Waals surface area contributed by atoms with Crippen molar-refractivity contribution in [1.82, 2.24) is 18.7 Å². The van der Waals surface area contributed by atoms with Gasteiger partial charge in [0.2, 0.25) is 0 Å². The first-order valence-corrected chi connectivity index (χ1v) is 12.0. The zero-order valence-corrected chi connectivity index (χ0v) is 20.6. The number of rotatable bonds is 2. The number of pyridine rings is 1. The van der Waals surface area contributed by atoms with E-state index >= 15 is 0 Å². The Bertz CT molecular complexity index is 1930. The lowest BCUT2D eigenvalue weighted by Gasteiger charge is -2.19. The summed E-state index contributed by atoms with van der Waals surface area (Å²) >= 11 is 3.25. The Morgan fingerprint density at radius 2 is 1.81 bits per heavy atom. The van der Waals surface area contributed by atoms with Crippen molar-refractivity contribution in [3.8, 4) is 5.69 Å². The van der Waals surface area contributed by atoms with Gasteiger partial charge in [-0.1, -0.05) is 12.1 Å². The van der Waals surface area contributed by atoms with Crippen molar-refractivity contribution >= 4 is 38.1 Å². The van der Waals surface area contributed by atoms with Gasteiger partial charge < -0.3 is 4.42 Å². The second-order valence-corrected chi connectivity index (χ2v) is 9.61. The monoisotopic (exact) mass is 572 g/mol. The molecule has 12 heteroatoms. The maximum absolute atomic E-state index is 13.9. The molecular weight excluding hydrogens is 557 g/mol. The summed E-state index contributed by atoms with van der Waals surface area (Å²) in [5.74, 6) is -0.581. The Labute approximate surface area is 213 Å². The fourth-order valence-corrected chi connectivity index (χ4v) is 5.44. The minimum atomic E-state index is -4.56. The standard InChI is InChI=1S/C25H16BrF3N4O4/c1-31-17-7-5-12(11-19(17)37-24(31)36)32-18-9-10-20(26)30-21(18)22(34)33(23(32)35)16-8-6-13-14(16)3-2-4-15(13)25(27,28)29/h2-5,7,9-11,16H,6,8H2,1H3. The molecule has 0 radical (unpaired) electrons. The zero-order valence-electron chi connectivity index (χ0n) is 19.0. The van der Waals surface area contributed by atoms with E-state index in [1.54, 1.807) is 31.3 Å². The maximum atomic E-state index is 13.9. The largest absolute Gasteiger partial charge is 0.419 e. The molecule has 188 valence electrons. The summed E-state index contributed by atoms with van der Waals surface area (Å²) in [6, 6.07) is 10.7. The minimum absolute atomic E-state index is 0.0380. The summed E-state index contributed by atoms with van der Waals surface area (Å²) in [6.45, 7) is 0. The average Bonchev–Trinajstić information content (AvgIpc) is 3.39. The molecule has 5 aromatic rings. The van der Waals surface area contributed by atoms with Crippen LogP contribution >= 0.6 is 15.9 Å². The van der Waals surface area contributed by atoms with Gasteiger partial charge in [0.15, 0.2) is 11.1 Å².